The van der Waals surface area contributed by atoms with Gasteiger partial charge in [-0.05, 0) is 39.2 Å². The summed E-state index contributed by atoms with van der Waals surface area (Å²) in [7, 11) is 0. The van der Waals surface area contributed by atoms with Gasteiger partial charge in [0.05, 0.1) is 11.3 Å². The quantitative estimate of drug-likeness (QED) is 0.794. The van der Waals surface area contributed by atoms with Gasteiger partial charge >= 0.3 is 0 Å². The summed E-state index contributed by atoms with van der Waals surface area (Å²) in [6, 6.07) is 2.43. The molecule has 16 heavy (non-hydrogen) atoms. The standard InChI is InChI=1S/C12H21N3O/c1-10(2)15-7-4-11(14-15)8-13-9-12(16)5-3-6-12/h4,7,10,13,16H,3,5-6,8-9H2,1-2H3. The molecule has 1 aromatic heterocycles. The van der Waals surface area contributed by atoms with Crippen LogP contribution in [-0.4, -0.2) is 27.0 Å². The monoisotopic (exact) mass is 223 g/mol. The van der Waals surface area contributed by atoms with E-state index in [2.05, 4.69) is 24.3 Å². The summed E-state index contributed by atoms with van der Waals surface area (Å²) in [6.07, 6.45) is 5.01. The first-order valence-corrected chi connectivity index (χ1v) is 6.06. The molecule has 4 heteroatoms. The molecule has 0 radical (unpaired) electrons. The maximum Gasteiger partial charge on any atom is 0.0771 e. The van der Waals surface area contributed by atoms with E-state index in [4.69, 9.17) is 0 Å². The highest BCUT2D eigenvalue weighted by molar-refractivity contribution is 5.00. The minimum absolute atomic E-state index is 0.407. The normalized spacial score (nSPS) is 18.8. The molecule has 0 bridgehead atoms. The third-order valence-electron chi connectivity index (χ3n) is 3.24. The molecule has 0 amide bonds. The van der Waals surface area contributed by atoms with Gasteiger partial charge in [-0.2, -0.15) is 5.10 Å². The Hall–Kier alpha value is -0.870. The van der Waals surface area contributed by atoms with Gasteiger partial charge in [-0.15, -0.1) is 0 Å². The van der Waals surface area contributed by atoms with Crippen molar-refractivity contribution in [3.8, 4) is 0 Å². The fraction of sp³-hybridized carbons (Fsp3) is 0.750. The molecule has 0 aliphatic heterocycles. The van der Waals surface area contributed by atoms with Crippen LogP contribution in [0, 0.1) is 0 Å². The first-order valence-electron chi connectivity index (χ1n) is 6.06. The zero-order valence-electron chi connectivity index (χ0n) is 10.1. The first kappa shape index (κ1) is 11.6. The molecule has 90 valence electrons. The van der Waals surface area contributed by atoms with E-state index >= 15 is 0 Å². The zero-order valence-corrected chi connectivity index (χ0v) is 10.1. The van der Waals surface area contributed by atoms with E-state index in [-0.39, 0.29) is 0 Å². The highest BCUT2D eigenvalue weighted by atomic mass is 16.3. The molecule has 2 N–H and O–H groups in total. The number of aliphatic hydroxyl groups is 1. The summed E-state index contributed by atoms with van der Waals surface area (Å²) in [6.45, 7) is 5.64. The van der Waals surface area contributed by atoms with Crippen molar-refractivity contribution in [1.82, 2.24) is 15.1 Å². The van der Waals surface area contributed by atoms with Crippen molar-refractivity contribution in [3.05, 3.63) is 18.0 Å². The topological polar surface area (TPSA) is 50.1 Å². The van der Waals surface area contributed by atoms with Gasteiger partial charge in [-0.3, -0.25) is 4.68 Å². The van der Waals surface area contributed by atoms with Gasteiger partial charge in [0, 0.05) is 25.3 Å². The van der Waals surface area contributed by atoms with E-state index in [1.54, 1.807) is 0 Å². The minimum Gasteiger partial charge on any atom is -0.389 e. The Bertz CT molecular complexity index is 342. The van der Waals surface area contributed by atoms with E-state index in [1.807, 2.05) is 16.9 Å². The summed E-state index contributed by atoms with van der Waals surface area (Å²) < 4.78 is 1.95. The molecule has 0 saturated heterocycles. The molecule has 1 heterocycles. The van der Waals surface area contributed by atoms with Crippen LogP contribution in [0.5, 0.6) is 0 Å². The van der Waals surface area contributed by atoms with Crippen molar-refractivity contribution >= 4 is 0 Å². The lowest BCUT2D eigenvalue weighted by molar-refractivity contribution is -0.0315. The molecule has 1 saturated carbocycles. The smallest absolute Gasteiger partial charge is 0.0771 e. The molecular weight excluding hydrogens is 202 g/mol. The number of nitrogens with one attached hydrogen (secondary N) is 1. The number of hydrogen-bond acceptors (Lipinski definition) is 3. The molecule has 1 aromatic rings. The number of rotatable bonds is 5. The molecule has 1 fully saturated rings. The Labute approximate surface area is 96.7 Å². The lowest BCUT2D eigenvalue weighted by Gasteiger charge is -2.36. The van der Waals surface area contributed by atoms with Crippen molar-refractivity contribution in [1.29, 1.82) is 0 Å². The average Bonchev–Trinajstić information content (AvgIpc) is 2.64. The second kappa shape index (κ2) is 4.55. The fourth-order valence-electron chi connectivity index (χ4n) is 1.94. The molecule has 0 spiro atoms. The molecule has 0 unspecified atom stereocenters. The lowest BCUT2D eigenvalue weighted by atomic mass is 9.80. The first-order chi connectivity index (χ1) is 7.59. The van der Waals surface area contributed by atoms with Crippen LogP contribution in [0.2, 0.25) is 0 Å². The van der Waals surface area contributed by atoms with Crippen LogP contribution < -0.4 is 5.32 Å². The molecule has 0 aromatic carbocycles. The molecule has 1 aliphatic rings. The van der Waals surface area contributed by atoms with Crippen LogP contribution in [0.25, 0.3) is 0 Å². The van der Waals surface area contributed by atoms with Gasteiger partial charge < -0.3 is 10.4 Å². The Morgan fingerprint density at radius 3 is 2.81 bits per heavy atom. The lowest BCUT2D eigenvalue weighted by Crippen LogP contribution is -2.46. The van der Waals surface area contributed by atoms with Crippen LogP contribution in [0.4, 0.5) is 0 Å². The van der Waals surface area contributed by atoms with Crippen molar-refractivity contribution in [3.63, 3.8) is 0 Å². The van der Waals surface area contributed by atoms with E-state index in [0.717, 1.165) is 31.5 Å². The van der Waals surface area contributed by atoms with E-state index in [1.165, 1.54) is 0 Å². The van der Waals surface area contributed by atoms with Gasteiger partial charge in [0.15, 0.2) is 0 Å². The van der Waals surface area contributed by atoms with Crippen molar-refractivity contribution in [2.75, 3.05) is 6.54 Å². The van der Waals surface area contributed by atoms with Gasteiger partial charge in [-0.1, -0.05) is 0 Å². The second-order valence-corrected chi connectivity index (χ2v) is 5.06. The van der Waals surface area contributed by atoms with Gasteiger partial charge in [0.1, 0.15) is 0 Å². The molecule has 1 aliphatic carbocycles. The Morgan fingerprint density at radius 2 is 2.31 bits per heavy atom. The van der Waals surface area contributed by atoms with Crippen molar-refractivity contribution in [2.24, 2.45) is 0 Å². The van der Waals surface area contributed by atoms with E-state index < -0.39 is 5.60 Å². The third kappa shape index (κ3) is 2.62. The van der Waals surface area contributed by atoms with Crippen LogP contribution in [0.15, 0.2) is 12.3 Å². The van der Waals surface area contributed by atoms with Gasteiger partial charge in [0.25, 0.3) is 0 Å². The summed E-state index contributed by atoms with van der Waals surface area (Å²) in [5.41, 5.74) is 0.595. The van der Waals surface area contributed by atoms with Crippen LogP contribution >= 0.6 is 0 Å². The number of hydrogen-bond donors (Lipinski definition) is 2. The average molecular weight is 223 g/mol. The Morgan fingerprint density at radius 1 is 1.56 bits per heavy atom. The molecule has 4 nitrogen and oxygen atoms in total. The summed E-state index contributed by atoms with van der Waals surface area (Å²) >= 11 is 0. The second-order valence-electron chi connectivity index (χ2n) is 5.06. The largest absolute Gasteiger partial charge is 0.389 e. The minimum atomic E-state index is -0.444. The van der Waals surface area contributed by atoms with Crippen molar-refractivity contribution < 1.29 is 5.11 Å². The zero-order chi connectivity index (χ0) is 11.6. The fourth-order valence-corrected chi connectivity index (χ4v) is 1.94. The van der Waals surface area contributed by atoms with Gasteiger partial charge in [0.2, 0.25) is 0 Å². The van der Waals surface area contributed by atoms with Crippen LogP contribution in [0.3, 0.4) is 0 Å². The Balaban J connectivity index is 1.76. The molecular formula is C12H21N3O. The van der Waals surface area contributed by atoms with Gasteiger partial charge in [-0.25, -0.2) is 0 Å². The highest BCUT2D eigenvalue weighted by Gasteiger charge is 2.33. The van der Waals surface area contributed by atoms with Crippen molar-refractivity contribution in [2.45, 2.75) is 51.3 Å². The highest BCUT2D eigenvalue weighted by Crippen LogP contribution is 2.30. The molecule has 2 rings (SSSR count). The predicted octanol–water partition coefficient (Wildman–Crippen LogP) is 1.47. The third-order valence-corrected chi connectivity index (χ3v) is 3.24. The number of nitrogens with zero attached hydrogens (tertiary/aromatic N) is 2. The van der Waals surface area contributed by atoms with E-state index in [9.17, 15) is 5.11 Å². The Kier molecular flexibility index (Phi) is 3.30. The maximum absolute atomic E-state index is 9.89. The van der Waals surface area contributed by atoms with Crippen LogP contribution in [-0.2, 0) is 6.54 Å². The van der Waals surface area contributed by atoms with E-state index in [0.29, 0.717) is 12.6 Å². The summed E-state index contributed by atoms with van der Waals surface area (Å²) in [5.74, 6) is 0. The predicted molar refractivity (Wildman–Crippen MR) is 63.1 cm³/mol. The summed E-state index contributed by atoms with van der Waals surface area (Å²) in [4.78, 5) is 0. The van der Waals surface area contributed by atoms with Crippen LogP contribution in [0.1, 0.15) is 44.8 Å². The number of aromatic nitrogens is 2. The maximum atomic E-state index is 9.89. The SMILES string of the molecule is CC(C)n1ccc(CNCC2(O)CCC2)n1. The molecule has 0 atom stereocenters. The summed E-state index contributed by atoms with van der Waals surface area (Å²) in [5, 5.41) is 17.6.